The Hall–Kier alpha value is -1.94. The molecule has 1 aliphatic carbocycles. The first kappa shape index (κ1) is 14.6. The minimum Gasteiger partial charge on any atom is -0.421 e. The lowest BCUT2D eigenvalue weighted by atomic mass is 9.95. The third-order valence-corrected chi connectivity index (χ3v) is 5.04. The van der Waals surface area contributed by atoms with Crippen LogP contribution in [-0.4, -0.2) is 16.8 Å². The highest BCUT2D eigenvalue weighted by molar-refractivity contribution is 5.60. The monoisotopic (exact) mass is 310 g/mol. The fourth-order valence-electron chi connectivity index (χ4n) is 3.68. The molecule has 0 spiro atoms. The van der Waals surface area contributed by atoms with Crippen molar-refractivity contribution in [3.8, 4) is 0 Å². The highest BCUT2D eigenvalue weighted by Crippen LogP contribution is 2.41. The molecule has 0 bridgehead atoms. The van der Waals surface area contributed by atoms with Crippen molar-refractivity contribution in [3.63, 3.8) is 0 Å². The van der Waals surface area contributed by atoms with E-state index in [-0.39, 0.29) is 12.0 Å². The lowest BCUT2D eigenvalue weighted by Crippen LogP contribution is -2.06. The van der Waals surface area contributed by atoms with Crippen LogP contribution in [0.4, 0.5) is 0 Å². The van der Waals surface area contributed by atoms with E-state index in [1.165, 1.54) is 42.4 Å². The summed E-state index contributed by atoms with van der Waals surface area (Å²) < 4.78 is 12.0. The van der Waals surface area contributed by atoms with Gasteiger partial charge in [0.1, 0.15) is 0 Å². The molecule has 1 saturated heterocycles. The highest BCUT2D eigenvalue weighted by atomic mass is 16.5. The Morgan fingerprint density at radius 3 is 2.65 bits per heavy atom. The van der Waals surface area contributed by atoms with Crippen molar-refractivity contribution in [2.75, 3.05) is 6.61 Å². The Bertz CT molecular complexity index is 697. The Kier molecular flexibility index (Phi) is 4.00. The molecule has 1 saturated carbocycles. The Balaban J connectivity index is 1.60. The Labute approximate surface area is 136 Å². The third kappa shape index (κ3) is 2.83. The van der Waals surface area contributed by atoms with Crippen LogP contribution in [0.1, 0.15) is 68.4 Å². The maximum atomic E-state index is 6.03. The van der Waals surface area contributed by atoms with Crippen molar-refractivity contribution < 1.29 is 9.15 Å². The molecule has 2 aromatic rings. The standard InChI is InChI=1S/C19H22N2O2/c1-13(14-7-5-6-8-14)18-20-21-19(23-18)16-11-12-22-17(16)15-9-3-2-4-10-15/h2-4,9-10,16-17H,5-8,11-12H2,1H3/t16-,17+/m0/s1. The molecule has 2 aliphatic rings. The van der Waals surface area contributed by atoms with Crippen LogP contribution < -0.4 is 0 Å². The molecule has 0 unspecified atom stereocenters. The zero-order valence-electron chi connectivity index (χ0n) is 13.5. The maximum Gasteiger partial charge on any atom is 0.243 e. The van der Waals surface area contributed by atoms with E-state index >= 15 is 0 Å². The van der Waals surface area contributed by atoms with E-state index < -0.39 is 0 Å². The molecule has 0 N–H and O–H groups in total. The highest BCUT2D eigenvalue weighted by Gasteiger charge is 2.35. The van der Waals surface area contributed by atoms with Gasteiger partial charge in [0.25, 0.3) is 0 Å². The van der Waals surface area contributed by atoms with Gasteiger partial charge in [-0.3, -0.25) is 0 Å². The zero-order valence-corrected chi connectivity index (χ0v) is 13.5. The molecule has 4 nitrogen and oxygen atoms in total. The van der Waals surface area contributed by atoms with E-state index in [1.807, 2.05) is 18.2 Å². The van der Waals surface area contributed by atoms with E-state index in [0.29, 0.717) is 11.8 Å². The summed E-state index contributed by atoms with van der Waals surface area (Å²) in [6.45, 7) is 2.85. The van der Waals surface area contributed by atoms with Gasteiger partial charge in [-0.15, -0.1) is 10.2 Å². The summed E-state index contributed by atoms with van der Waals surface area (Å²) in [6, 6.07) is 10.3. The van der Waals surface area contributed by atoms with Gasteiger partial charge in [-0.1, -0.05) is 35.9 Å². The van der Waals surface area contributed by atoms with Crippen LogP contribution in [0.3, 0.4) is 0 Å². The lowest BCUT2D eigenvalue weighted by Gasteiger charge is -2.15. The molecule has 2 atom stereocenters. The summed E-state index contributed by atoms with van der Waals surface area (Å²) in [5, 5.41) is 8.64. The van der Waals surface area contributed by atoms with Crippen molar-refractivity contribution >= 4 is 5.57 Å². The van der Waals surface area contributed by atoms with E-state index in [0.717, 1.165) is 13.0 Å². The maximum absolute atomic E-state index is 6.03. The lowest BCUT2D eigenvalue weighted by molar-refractivity contribution is 0.0998. The van der Waals surface area contributed by atoms with Crippen molar-refractivity contribution in [2.45, 2.75) is 51.0 Å². The van der Waals surface area contributed by atoms with Gasteiger partial charge in [-0.25, -0.2) is 0 Å². The summed E-state index contributed by atoms with van der Waals surface area (Å²) in [7, 11) is 0. The largest absolute Gasteiger partial charge is 0.421 e. The van der Waals surface area contributed by atoms with Crippen LogP contribution in [0, 0.1) is 0 Å². The van der Waals surface area contributed by atoms with Crippen molar-refractivity contribution in [3.05, 3.63) is 53.2 Å². The number of aromatic nitrogens is 2. The first-order valence-electron chi connectivity index (χ1n) is 8.52. The van der Waals surface area contributed by atoms with Gasteiger partial charge in [0.05, 0.1) is 12.0 Å². The number of hydrogen-bond donors (Lipinski definition) is 0. The van der Waals surface area contributed by atoms with E-state index in [1.54, 1.807) is 0 Å². The van der Waals surface area contributed by atoms with Crippen molar-refractivity contribution in [2.24, 2.45) is 0 Å². The molecule has 1 aromatic heterocycles. The molecule has 4 rings (SSSR count). The second kappa shape index (κ2) is 6.28. The van der Waals surface area contributed by atoms with Crippen LogP contribution in [-0.2, 0) is 4.74 Å². The van der Waals surface area contributed by atoms with Gasteiger partial charge in [0.2, 0.25) is 11.8 Å². The van der Waals surface area contributed by atoms with Crippen LogP contribution in [0.5, 0.6) is 0 Å². The average molecular weight is 310 g/mol. The molecule has 23 heavy (non-hydrogen) atoms. The summed E-state index contributed by atoms with van der Waals surface area (Å²) in [5.74, 6) is 1.56. The van der Waals surface area contributed by atoms with Gasteiger partial charge in [0.15, 0.2) is 0 Å². The number of ether oxygens (including phenoxy) is 1. The van der Waals surface area contributed by atoms with E-state index in [2.05, 4.69) is 29.3 Å². The smallest absolute Gasteiger partial charge is 0.243 e. The molecular formula is C19H22N2O2. The number of nitrogens with zero attached hydrogens (tertiary/aromatic N) is 2. The van der Waals surface area contributed by atoms with Crippen LogP contribution in [0.2, 0.25) is 0 Å². The Morgan fingerprint density at radius 1 is 1.09 bits per heavy atom. The van der Waals surface area contributed by atoms with Crippen molar-refractivity contribution in [1.29, 1.82) is 0 Å². The molecule has 1 aliphatic heterocycles. The van der Waals surface area contributed by atoms with Gasteiger partial charge >= 0.3 is 0 Å². The predicted octanol–water partition coefficient (Wildman–Crippen LogP) is 4.66. The molecule has 2 fully saturated rings. The van der Waals surface area contributed by atoms with Crippen LogP contribution >= 0.6 is 0 Å². The number of hydrogen-bond acceptors (Lipinski definition) is 4. The van der Waals surface area contributed by atoms with Crippen LogP contribution in [0.15, 0.2) is 40.3 Å². The van der Waals surface area contributed by atoms with Gasteiger partial charge in [0, 0.05) is 12.2 Å². The molecule has 4 heteroatoms. The van der Waals surface area contributed by atoms with Gasteiger partial charge < -0.3 is 9.15 Å². The van der Waals surface area contributed by atoms with Crippen molar-refractivity contribution in [1.82, 2.24) is 10.2 Å². The Morgan fingerprint density at radius 2 is 1.87 bits per heavy atom. The van der Waals surface area contributed by atoms with Gasteiger partial charge in [-0.2, -0.15) is 0 Å². The first-order valence-corrected chi connectivity index (χ1v) is 8.52. The minimum atomic E-state index is 0.0175. The zero-order chi connectivity index (χ0) is 15.6. The summed E-state index contributed by atoms with van der Waals surface area (Å²) in [5.41, 5.74) is 3.83. The third-order valence-electron chi connectivity index (χ3n) is 5.04. The number of allylic oxidation sites excluding steroid dienone is 2. The fourth-order valence-corrected chi connectivity index (χ4v) is 3.68. The second-order valence-corrected chi connectivity index (χ2v) is 6.48. The second-order valence-electron chi connectivity index (χ2n) is 6.48. The normalized spacial score (nSPS) is 24.3. The molecular weight excluding hydrogens is 288 g/mol. The molecule has 2 heterocycles. The molecule has 0 radical (unpaired) electrons. The fraction of sp³-hybridized carbons (Fsp3) is 0.474. The molecule has 1 aromatic carbocycles. The van der Waals surface area contributed by atoms with Crippen LogP contribution in [0.25, 0.3) is 5.57 Å². The molecule has 0 amide bonds. The minimum absolute atomic E-state index is 0.0175. The average Bonchev–Trinajstić information content (AvgIpc) is 3.35. The summed E-state index contributed by atoms with van der Waals surface area (Å²) >= 11 is 0. The van der Waals surface area contributed by atoms with E-state index in [4.69, 9.17) is 9.15 Å². The topological polar surface area (TPSA) is 48.2 Å². The molecule has 120 valence electrons. The SMILES string of the molecule is CC(=C1CCCC1)c1nnc([C@H]2CCO[C@@H]2c2ccccc2)o1. The summed E-state index contributed by atoms with van der Waals surface area (Å²) in [6.07, 6.45) is 5.84. The quantitative estimate of drug-likeness (QED) is 0.827. The van der Waals surface area contributed by atoms with Gasteiger partial charge in [-0.05, 0) is 44.6 Å². The number of benzene rings is 1. The summed E-state index contributed by atoms with van der Waals surface area (Å²) in [4.78, 5) is 0. The predicted molar refractivity (Wildman–Crippen MR) is 87.9 cm³/mol. The van der Waals surface area contributed by atoms with E-state index in [9.17, 15) is 0 Å². The number of rotatable bonds is 3. The first-order chi connectivity index (χ1) is 11.3.